The molecule has 0 bridgehead atoms. The number of hydrogen-bond acceptors (Lipinski definition) is 2. The smallest absolute Gasteiger partial charge is 0.422 e. The molecule has 0 aromatic carbocycles. The first-order valence-corrected chi connectivity index (χ1v) is 3.20. The minimum Gasteiger partial charge on any atom is -0.479 e. The number of hydrogen-bond donors (Lipinski definition) is 2. The first-order chi connectivity index (χ1) is 5.61. The third-order valence-corrected chi connectivity index (χ3v) is 1.42. The van der Waals surface area contributed by atoms with Gasteiger partial charge in [0.2, 0.25) is 11.4 Å². The molecule has 0 aliphatic heterocycles. The van der Waals surface area contributed by atoms with Crippen molar-refractivity contribution in [1.29, 1.82) is 0 Å². The zero-order valence-corrected chi connectivity index (χ0v) is 6.90. The molecule has 0 radical (unpaired) electrons. The molecule has 1 amide bonds. The highest BCUT2D eigenvalue weighted by Gasteiger charge is 2.58. The van der Waals surface area contributed by atoms with E-state index in [2.05, 4.69) is 0 Å². The summed E-state index contributed by atoms with van der Waals surface area (Å²) in [6, 6.07) is 0. The topological polar surface area (TPSA) is 66.4 Å². The van der Waals surface area contributed by atoms with Crippen LogP contribution in [0.4, 0.5) is 13.2 Å². The average molecular weight is 199 g/mol. The van der Waals surface area contributed by atoms with E-state index < -0.39 is 23.6 Å². The van der Waals surface area contributed by atoms with E-state index in [1.807, 2.05) is 0 Å². The van der Waals surface area contributed by atoms with Gasteiger partial charge in [0.1, 0.15) is 0 Å². The SMILES string of the molecule is CC(=O)NC(C)(C(=O)O)C(F)(F)F. The van der Waals surface area contributed by atoms with Gasteiger partial charge < -0.3 is 10.4 Å². The number of alkyl halides is 3. The predicted molar refractivity (Wildman–Crippen MR) is 35.9 cm³/mol. The molecule has 13 heavy (non-hydrogen) atoms. The Balaban J connectivity index is 4.96. The van der Waals surface area contributed by atoms with Gasteiger partial charge in [-0.2, -0.15) is 13.2 Å². The van der Waals surface area contributed by atoms with Gasteiger partial charge in [0.05, 0.1) is 0 Å². The summed E-state index contributed by atoms with van der Waals surface area (Å²) in [5.74, 6) is -3.20. The Morgan fingerprint density at radius 1 is 1.31 bits per heavy atom. The standard InChI is InChI=1S/C6H8F3NO3/c1-3(11)10-5(2,4(12)13)6(7,8)9/h1-2H3,(H,10,11)(H,12,13). The maximum Gasteiger partial charge on any atom is 0.422 e. The lowest BCUT2D eigenvalue weighted by Crippen LogP contribution is -2.61. The number of carboxylic acid groups (broad SMARTS) is 1. The van der Waals surface area contributed by atoms with E-state index in [1.165, 1.54) is 5.32 Å². The molecule has 2 N–H and O–H groups in total. The van der Waals surface area contributed by atoms with Crippen molar-refractivity contribution in [2.24, 2.45) is 0 Å². The summed E-state index contributed by atoms with van der Waals surface area (Å²) in [4.78, 5) is 20.6. The number of carbonyl (C=O) groups is 2. The van der Waals surface area contributed by atoms with Crippen LogP contribution >= 0.6 is 0 Å². The van der Waals surface area contributed by atoms with Crippen molar-refractivity contribution in [3.8, 4) is 0 Å². The first kappa shape index (κ1) is 11.7. The number of rotatable bonds is 2. The van der Waals surface area contributed by atoms with Gasteiger partial charge in [-0.15, -0.1) is 0 Å². The van der Waals surface area contributed by atoms with Crippen molar-refractivity contribution in [3.05, 3.63) is 0 Å². The normalized spacial score (nSPS) is 16.1. The molecule has 0 saturated carbocycles. The summed E-state index contributed by atoms with van der Waals surface area (Å²) < 4.78 is 36.4. The van der Waals surface area contributed by atoms with E-state index in [0.717, 1.165) is 6.92 Å². The molecule has 1 unspecified atom stereocenters. The van der Waals surface area contributed by atoms with Gasteiger partial charge in [-0.25, -0.2) is 4.79 Å². The lowest BCUT2D eigenvalue weighted by molar-refractivity contribution is -0.206. The van der Waals surface area contributed by atoms with Gasteiger partial charge in [-0.1, -0.05) is 0 Å². The van der Waals surface area contributed by atoms with E-state index >= 15 is 0 Å². The Morgan fingerprint density at radius 3 is 1.77 bits per heavy atom. The monoisotopic (exact) mass is 199 g/mol. The number of carboxylic acids is 1. The quantitative estimate of drug-likeness (QED) is 0.681. The molecule has 0 fully saturated rings. The highest BCUT2D eigenvalue weighted by atomic mass is 19.4. The third kappa shape index (κ3) is 2.33. The molecule has 1 atom stereocenters. The Bertz CT molecular complexity index is 238. The highest BCUT2D eigenvalue weighted by Crippen LogP contribution is 2.30. The molecule has 0 aliphatic carbocycles. The number of halogens is 3. The molecular formula is C6H8F3NO3. The molecule has 0 aromatic heterocycles. The minimum absolute atomic E-state index is 0.386. The van der Waals surface area contributed by atoms with Crippen molar-refractivity contribution in [2.45, 2.75) is 25.6 Å². The van der Waals surface area contributed by atoms with Crippen LogP contribution in [0.5, 0.6) is 0 Å². The molecule has 4 nitrogen and oxygen atoms in total. The zero-order chi connectivity index (χ0) is 10.9. The number of nitrogens with one attached hydrogen (secondary N) is 1. The zero-order valence-electron chi connectivity index (χ0n) is 6.90. The summed E-state index contributed by atoms with van der Waals surface area (Å²) in [6.07, 6.45) is -5.02. The van der Waals surface area contributed by atoms with Crippen molar-refractivity contribution in [3.63, 3.8) is 0 Å². The van der Waals surface area contributed by atoms with E-state index in [4.69, 9.17) is 5.11 Å². The Kier molecular flexibility index (Phi) is 2.92. The number of aliphatic carboxylic acids is 1. The fraction of sp³-hybridized carbons (Fsp3) is 0.667. The summed E-state index contributed by atoms with van der Waals surface area (Å²) >= 11 is 0. The van der Waals surface area contributed by atoms with E-state index in [0.29, 0.717) is 6.92 Å². The number of carbonyl (C=O) groups excluding carboxylic acids is 1. The van der Waals surface area contributed by atoms with E-state index in [-0.39, 0.29) is 0 Å². The Hall–Kier alpha value is -1.27. The van der Waals surface area contributed by atoms with Crippen molar-refractivity contribution < 1.29 is 27.9 Å². The van der Waals surface area contributed by atoms with Crippen LogP contribution < -0.4 is 5.32 Å². The second-order valence-electron chi connectivity index (χ2n) is 2.61. The molecule has 76 valence electrons. The van der Waals surface area contributed by atoms with Crippen LogP contribution in [0.3, 0.4) is 0 Å². The molecule has 7 heteroatoms. The van der Waals surface area contributed by atoms with Crippen LogP contribution in [-0.4, -0.2) is 28.7 Å². The van der Waals surface area contributed by atoms with Crippen LogP contribution in [-0.2, 0) is 9.59 Å². The Labute approximate surface area is 71.7 Å². The highest BCUT2D eigenvalue weighted by molar-refractivity contribution is 5.86. The fourth-order valence-electron chi connectivity index (χ4n) is 0.598. The molecule has 0 rings (SSSR count). The van der Waals surface area contributed by atoms with Gasteiger partial charge in [-0.05, 0) is 6.92 Å². The summed E-state index contributed by atoms with van der Waals surface area (Å²) in [6.45, 7) is 1.20. The van der Waals surface area contributed by atoms with Crippen LogP contribution in [0.15, 0.2) is 0 Å². The lowest BCUT2D eigenvalue weighted by Gasteiger charge is -2.27. The predicted octanol–water partition coefficient (Wildman–Crippen LogP) is 0.528. The van der Waals surface area contributed by atoms with Crippen molar-refractivity contribution in [2.75, 3.05) is 0 Å². The average Bonchev–Trinajstić information content (AvgIpc) is 1.82. The van der Waals surface area contributed by atoms with Gasteiger partial charge >= 0.3 is 12.1 Å². The molecule has 0 aromatic rings. The van der Waals surface area contributed by atoms with E-state index in [9.17, 15) is 22.8 Å². The second-order valence-corrected chi connectivity index (χ2v) is 2.61. The van der Waals surface area contributed by atoms with Gasteiger partial charge in [0, 0.05) is 6.92 Å². The molecule has 0 aliphatic rings. The lowest BCUT2D eigenvalue weighted by atomic mass is 10.0. The number of amides is 1. The first-order valence-electron chi connectivity index (χ1n) is 3.20. The van der Waals surface area contributed by atoms with Crippen molar-refractivity contribution in [1.82, 2.24) is 5.32 Å². The summed E-state index contributed by atoms with van der Waals surface area (Å²) in [5, 5.41) is 9.61. The van der Waals surface area contributed by atoms with Crippen LogP contribution in [0.2, 0.25) is 0 Å². The molecule has 0 heterocycles. The maximum absolute atomic E-state index is 12.1. The van der Waals surface area contributed by atoms with Crippen LogP contribution in [0.25, 0.3) is 0 Å². The maximum atomic E-state index is 12.1. The van der Waals surface area contributed by atoms with Gasteiger partial charge in [-0.3, -0.25) is 4.79 Å². The van der Waals surface area contributed by atoms with Crippen molar-refractivity contribution >= 4 is 11.9 Å². The third-order valence-electron chi connectivity index (χ3n) is 1.42. The summed E-state index contributed by atoms with van der Waals surface area (Å²) in [5.41, 5.74) is -3.22. The van der Waals surface area contributed by atoms with E-state index in [1.54, 1.807) is 0 Å². The van der Waals surface area contributed by atoms with Crippen LogP contribution in [0.1, 0.15) is 13.8 Å². The minimum atomic E-state index is -5.02. The Morgan fingerprint density at radius 2 is 1.69 bits per heavy atom. The molecular weight excluding hydrogens is 191 g/mol. The van der Waals surface area contributed by atoms with Gasteiger partial charge in [0.15, 0.2) is 0 Å². The molecule has 0 spiro atoms. The van der Waals surface area contributed by atoms with Crippen LogP contribution in [0, 0.1) is 0 Å². The van der Waals surface area contributed by atoms with Gasteiger partial charge in [0.25, 0.3) is 0 Å². The largest absolute Gasteiger partial charge is 0.479 e. The summed E-state index contributed by atoms with van der Waals surface area (Å²) in [7, 11) is 0. The molecule has 0 saturated heterocycles. The second kappa shape index (κ2) is 3.23. The fourth-order valence-corrected chi connectivity index (χ4v) is 0.598.